The van der Waals surface area contributed by atoms with Crippen LogP contribution >= 0.6 is 0 Å². The van der Waals surface area contributed by atoms with E-state index >= 15 is 0 Å². The maximum absolute atomic E-state index is 8.59. The fraction of sp³-hybridized carbons (Fsp3) is 0.188. The third-order valence-corrected chi connectivity index (χ3v) is 2.98. The molecule has 0 atom stereocenters. The molecule has 0 fully saturated rings. The van der Waals surface area contributed by atoms with Gasteiger partial charge in [-0.3, -0.25) is 0 Å². The molecule has 5 heteroatoms. The van der Waals surface area contributed by atoms with Gasteiger partial charge < -0.3 is 21.0 Å². The van der Waals surface area contributed by atoms with E-state index in [1.54, 1.807) is 0 Å². The lowest BCUT2D eigenvalue weighted by Crippen LogP contribution is -2.20. The van der Waals surface area contributed by atoms with Crippen molar-refractivity contribution in [3.8, 4) is 5.75 Å². The van der Waals surface area contributed by atoms with Gasteiger partial charge in [0.05, 0.1) is 0 Å². The normalized spacial score (nSPS) is 11.3. The number of nitrogens with one attached hydrogen (secondary N) is 1. The summed E-state index contributed by atoms with van der Waals surface area (Å²) in [6.07, 6.45) is 0. The van der Waals surface area contributed by atoms with E-state index in [1.165, 1.54) is 0 Å². The summed E-state index contributed by atoms with van der Waals surface area (Å²) in [4.78, 5) is 0. The Balaban J connectivity index is 1.69. The second-order valence-electron chi connectivity index (χ2n) is 4.52. The number of para-hydroxylation sites is 1. The van der Waals surface area contributed by atoms with Gasteiger partial charge in [0.25, 0.3) is 0 Å². The highest BCUT2D eigenvalue weighted by Gasteiger charge is 1.99. The molecule has 0 aromatic heterocycles. The summed E-state index contributed by atoms with van der Waals surface area (Å²) in [6.45, 7) is 2.12. The standard InChI is InChI=1S/C16H19N3O2/c17-16(19-20)14-8-6-13(7-9-14)12-18-10-11-21-15-4-2-1-3-5-15/h1-9,18,20H,10-12H2,(H2,17,19). The molecule has 0 unspecified atom stereocenters. The lowest BCUT2D eigenvalue weighted by atomic mass is 10.1. The van der Waals surface area contributed by atoms with E-state index in [0.29, 0.717) is 12.2 Å². The topological polar surface area (TPSA) is 79.9 Å². The molecule has 21 heavy (non-hydrogen) atoms. The Kier molecular flexibility index (Phi) is 5.60. The second-order valence-corrected chi connectivity index (χ2v) is 4.52. The van der Waals surface area contributed by atoms with Gasteiger partial charge in [0.1, 0.15) is 12.4 Å². The first-order chi connectivity index (χ1) is 10.3. The molecule has 110 valence electrons. The third kappa shape index (κ3) is 4.81. The summed E-state index contributed by atoms with van der Waals surface area (Å²) in [5, 5.41) is 14.9. The average Bonchev–Trinajstić information content (AvgIpc) is 2.55. The van der Waals surface area contributed by atoms with Crippen molar-refractivity contribution in [1.29, 1.82) is 0 Å². The zero-order valence-electron chi connectivity index (χ0n) is 11.7. The summed E-state index contributed by atoms with van der Waals surface area (Å²) in [5.41, 5.74) is 7.34. The Morgan fingerprint density at radius 1 is 1.10 bits per heavy atom. The lowest BCUT2D eigenvalue weighted by molar-refractivity contribution is 0.313. The molecular weight excluding hydrogens is 266 g/mol. The molecule has 0 amide bonds. The Morgan fingerprint density at radius 2 is 1.81 bits per heavy atom. The van der Waals surface area contributed by atoms with E-state index in [2.05, 4.69) is 10.5 Å². The van der Waals surface area contributed by atoms with Crippen LogP contribution in [0.15, 0.2) is 59.8 Å². The molecule has 0 bridgehead atoms. The molecule has 5 nitrogen and oxygen atoms in total. The van der Waals surface area contributed by atoms with Crippen LogP contribution in [0.2, 0.25) is 0 Å². The molecule has 0 aliphatic rings. The average molecular weight is 285 g/mol. The van der Waals surface area contributed by atoms with Gasteiger partial charge in [0, 0.05) is 18.7 Å². The fourth-order valence-electron chi connectivity index (χ4n) is 1.84. The SMILES string of the molecule is NC(=NO)c1ccc(CNCCOc2ccccc2)cc1. The zero-order valence-corrected chi connectivity index (χ0v) is 11.7. The van der Waals surface area contributed by atoms with Crippen molar-refractivity contribution < 1.29 is 9.94 Å². The van der Waals surface area contributed by atoms with Crippen molar-refractivity contribution in [2.75, 3.05) is 13.2 Å². The van der Waals surface area contributed by atoms with E-state index in [-0.39, 0.29) is 5.84 Å². The Hall–Kier alpha value is -2.53. The largest absolute Gasteiger partial charge is 0.492 e. The minimum Gasteiger partial charge on any atom is -0.492 e. The van der Waals surface area contributed by atoms with Crippen LogP contribution in [-0.4, -0.2) is 24.2 Å². The maximum Gasteiger partial charge on any atom is 0.170 e. The number of ether oxygens (including phenoxy) is 1. The van der Waals surface area contributed by atoms with Gasteiger partial charge >= 0.3 is 0 Å². The minimum absolute atomic E-state index is 0.116. The van der Waals surface area contributed by atoms with Gasteiger partial charge in [0.2, 0.25) is 0 Å². The molecule has 0 radical (unpaired) electrons. The third-order valence-electron chi connectivity index (χ3n) is 2.98. The number of amidine groups is 1. The summed E-state index contributed by atoms with van der Waals surface area (Å²) >= 11 is 0. The number of hydrogen-bond acceptors (Lipinski definition) is 4. The minimum atomic E-state index is 0.116. The molecular formula is C16H19N3O2. The van der Waals surface area contributed by atoms with Crippen molar-refractivity contribution in [3.05, 3.63) is 65.7 Å². The molecule has 2 aromatic rings. The summed E-state index contributed by atoms with van der Waals surface area (Å²) in [5.74, 6) is 0.994. The van der Waals surface area contributed by atoms with Crippen LogP contribution in [0.3, 0.4) is 0 Å². The predicted octanol–water partition coefficient (Wildman–Crippen LogP) is 1.95. The Labute approximate surface area is 124 Å². The van der Waals surface area contributed by atoms with E-state index in [4.69, 9.17) is 15.7 Å². The van der Waals surface area contributed by atoms with Gasteiger partial charge in [-0.05, 0) is 17.7 Å². The van der Waals surface area contributed by atoms with Crippen LogP contribution in [0.25, 0.3) is 0 Å². The van der Waals surface area contributed by atoms with Crippen LogP contribution < -0.4 is 15.8 Å². The molecule has 0 spiro atoms. The van der Waals surface area contributed by atoms with Gasteiger partial charge in [0.15, 0.2) is 5.84 Å². The zero-order chi connectivity index (χ0) is 14.9. The summed E-state index contributed by atoms with van der Waals surface area (Å²) in [7, 11) is 0. The van der Waals surface area contributed by atoms with Crippen LogP contribution in [0.1, 0.15) is 11.1 Å². The lowest BCUT2D eigenvalue weighted by Gasteiger charge is -2.08. The van der Waals surface area contributed by atoms with Gasteiger partial charge in [-0.15, -0.1) is 0 Å². The summed E-state index contributed by atoms with van der Waals surface area (Å²) in [6, 6.07) is 17.3. The van der Waals surface area contributed by atoms with Crippen molar-refractivity contribution >= 4 is 5.84 Å². The van der Waals surface area contributed by atoms with Crippen LogP contribution in [0, 0.1) is 0 Å². The van der Waals surface area contributed by atoms with Crippen molar-refractivity contribution in [3.63, 3.8) is 0 Å². The van der Waals surface area contributed by atoms with Crippen molar-refractivity contribution in [1.82, 2.24) is 5.32 Å². The van der Waals surface area contributed by atoms with Gasteiger partial charge in [-0.25, -0.2) is 0 Å². The van der Waals surface area contributed by atoms with E-state index in [9.17, 15) is 0 Å². The van der Waals surface area contributed by atoms with Gasteiger partial charge in [-0.2, -0.15) is 0 Å². The molecule has 0 heterocycles. The smallest absolute Gasteiger partial charge is 0.170 e. The highest BCUT2D eigenvalue weighted by atomic mass is 16.5. The first-order valence-corrected chi connectivity index (χ1v) is 6.75. The first kappa shape index (κ1) is 14.9. The number of nitrogens with two attached hydrogens (primary N) is 1. The number of nitrogens with zero attached hydrogens (tertiary/aromatic N) is 1. The number of benzene rings is 2. The second kappa shape index (κ2) is 7.91. The molecule has 0 aliphatic carbocycles. The first-order valence-electron chi connectivity index (χ1n) is 6.75. The van der Waals surface area contributed by atoms with Crippen LogP contribution in [-0.2, 0) is 6.54 Å². The molecule has 0 aliphatic heterocycles. The predicted molar refractivity (Wildman–Crippen MR) is 82.6 cm³/mol. The molecule has 2 rings (SSSR count). The molecule has 0 saturated heterocycles. The number of hydrogen-bond donors (Lipinski definition) is 3. The molecule has 4 N–H and O–H groups in total. The fourth-order valence-corrected chi connectivity index (χ4v) is 1.84. The van der Waals surface area contributed by atoms with E-state index in [1.807, 2.05) is 54.6 Å². The van der Waals surface area contributed by atoms with Crippen molar-refractivity contribution in [2.45, 2.75) is 6.54 Å². The van der Waals surface area contributed by atoms with Crippen molar-refractivity contribution in [2.24, 2.45) is 10.9 Å². The van der Waals surface area contributed by atoms with Crippen LogP contribution in [0.5, 0.6) is 5.75 Å². The summed E-state index contributed by atoms with van der Waals surface area (Å²) < 4.78 is 5.59. The number of rotatable bonds is 7. The quantitative estimate of drug-likeness (QED) is 0.239. The molecule has 2 aromatic carbocycles. The van der Waals surface area contributed by atoms with E-state index < -0.39 is 0 Å². The Morgan fingerprint density at radius 3 is 2.48 bits per heavy atom. The monoisotopic (exact) mass is 285 g/mol. The van der Waals surface area contributed by atoms with E-state index in [0.717, 1.165) is 24.4 Å². The highest BCUT2D eigenvalue weighted by Crippen LogP contribution is 2.07. The maximum atomic E-state index is 8.59. The number of oxime groups is 1. The Bertz CT molecular complexity index is 568. The highest BCUT2D eigenvalue weighted by molar-refractivity contribution is 5.96. The van der Waals surface area contributed by atoms with Gasteiger partial charge in [-0.1, -0.05) is 47.6 Å². The van der Waals surface area contributed by atoms with Crippen LogP contribution in [0.4, 0.5) is 0 Å². The molecule has 0 saturated carbocycles.